The lowest BCUT2D eigenvalue weighted by Gasteiger charge is -2.26. The van der Waals surface area contributed by atoms with Gasteiger partial charge in [-0.2, -0.15) is 0 Å². The highest BCUT2D eigenvalue weighted by Crippen LogP contribution is 2.53. The molecule has 0 bridgehead atoms. The highest BCUT2D eigenvalue weighted by Gasteiger charge is 2.52. The fourth-order valence-corrected chi connectivity index (χ4v) is 4.44. The fraction of sp³-hybridized carbons (Fsp3) is 0.182. The van der Waals surface area contributed by atoms with E-state index in [1.54, 1.807) is 13.3 Å². The molecule has 128 valence electrons. The normalized spacial score (nSPS) is 22.8. The van der Waals surface area contributed by atoms with Crippen LogP contribution in [0.2, 0.25) is 0 Å². The van der Waals surface area contributed by atoms with Crippen molar-refractivity contribution in [3.05, 3.63) is 94.8 Å². The Morgan fingerprint density at radius 3 is 2.77 bits per heavy atom. The number of nitrogens with one attached hydrogen (secondary N) is 1. The average molecular weight is 342 g/mol. The number of aromatic nitrogens is 1. The number of ether oxygens (including phenoxy) is 1. The number of fused-ring (bicyclic) bond motifs is 4. The Bertz CT molecular complexity index is 1020. The number of carbonyl (C=O) groups excluding carboxylic acids is 1. The van der Waals surface area contributed by atoms with Crippen molar-refractivity contribution in [2.75, 3.05) is 7.11 Å². The van der Waals surface area contributed by atoms with E-state index in [1.165, 1.54) is 11.1 Å². The van der Waals surface area contributed by atoms with Gasteiger partial charge in [-0.25, -0.2) is 0 Å². The maximum atomic E-state index is 12.7. The molecule has 5 rings (SSSR count). The first-order valence-electron chi connectivity index (χ1n) is 8.74. The van der Waals surface area contributed by atoms with Crippen LogP contribution in [0.3, 0.4) is 0 Å². The lowest BCUT2D eigenvalue weighted by molar-refractivity contribution is 0.0939. The predicted octanol–water partition coefficient (Wildman–Crippen LogP) is 3.61. The van der Waals surface area contributed by atoms with Gasteiger partial charge in [0, 0.05) is 12.1 Å². The van der Waals surface area contributed by atoms with Crippen LogP contribution in [0.15, 0.2) is 66.9 Å². The molecule has 1 aromatic heterocycles. The summed E-state index contributed by atoms with van der Waals surface area (Å²) in [6.45, 7) is 0. The number of hydrogen-bond acceptors (Lipinski definition) is 3. The van der Waals surface area contributed by atoms with Crippen LogP contribution < -0.4 is 10.1 Å². The van der Waals surface area contributed by atoms with E-state index < -0.39 is 5.54 Å². The van der Waals surface area contributed by atoms with E-state index in [0.717, 1.165) is 23.4 Å². The summed E-state index contributed by atoms with van der Waals surface area (Å²) >= 11 is 0. The molecule has 0 unspecified atom stereocenters. The molecule has 26 heavy (non-hydrogen) atoms. The molecule has 2 aromatic carbocycles. The Hall–Kier alpha value is -3.14. The van der Waals surface area contributed by atoms with Crippen molar-refractivity contribution in [2.45, 2.75) is 17.9 Å². The van der Waals surface area contributed by atoms with Gasteiger partial charge in [0.15, 0.2) is 0 Å². The Labute approximate surface area is 151 Å². The van der Waals surface area contributed by atoms with E-state index in [9.17, 15) is 4.79 Å². The molecule has 1 N–H and O–H groups in total. The summed E-state index contributed by atoms with van der Waals surface area (Å²) in [5.41, 5.74) is 4.42. The summed E-state index contributed by atoms with van der Waals surface area (Å²) in [5, 5.41) is 3.24. The van der Waals surface area contributed by atoms with Gasteiger partial charge in [-0.3, -0.25) is 9.78 Å². The molecule has 0 fully saturated rings. The van der Waals surface area contributed by atoms with E-state index >= 15 is 0 Å². The molecular weight excluding hydrogens is 324 g/mol. The molecule has 1 spiro atoms. The van der Waals surface area contributed by atoms with E-state index in [2.05, 4.69) is 40.6 Å². The van der Waals surface area contributed by atoms with Crippen molar-refractivity contribution >= 4 is 5.91 Å². The fourth-order valence-electron chi connectivity index (χ4n) is 4.44. The second-order valence-electron chi connectivity index (χ2n) is 6.88. The van der Waals surface area contributed by atoms with E-state index in [0.29, 0.717) is 5.56 Å². The van der Waals surface area contributed by atoms with Crippen LogP contribution in [0.25, 0.3) is 0 Å². The van der Waals surface area contributed by atoms with Crippen molar-refractivity contribution in [3.8, 4) is 5.75 Å². The Balaban J connectivity index is 1.76. The van der Waals surface area contributed by atoms with Gasteiger partial charge in [-0.1, -0.05) is 36.4 Å². The summed E-state index contributed by atoms with van der Waals surface area (Å²) in [4.78, 5) is 17.3. The number of nitrogens with zero attached hydrogens (tertiary/aromatic N) is 1. The number of carbonyl (C=O) groups is 1. The first-order valence-corrected chi connectivity index (χ1v) is 8.74. The second-order valence-corrected chi connectivity index (χ2v) is 6.88. The summed E-state index contributed by atoms with van der Waals surface area (Å²) in [5.74, 6) is 0.927. The van der Waals surface area contributed by atoms with Gasteiger partial charge in [-0.15, -0.1) is 0 Å². The highest BCUT2D eigenvalue weighted by atomic mass is 16.5. The number of hydrogen-bond donors (Lipinski definition) is 1. The molecule has 4 nitrogen and oxygen atoms in total. The van der Waals surface area contributed by atoms with E-state index in [-0.39, 0.29) is 11.8 Å². The van der Waals surface area contributed by atoms with Crippen LogP contribution in [0.5, 0.6) is 5.75 Å². The second kappa shape index (κ2) is 5.43. The average Bonchev–Trinajstić information content (AvgIpc) is 3.18. The Kier molecular flexibility index (Phi) is 3.16. The van der Waals surface area contributed by atoms with Gasteiger partial charge in [0.05, 0.1) is 18.4 Å². The molecule has 4 heteroatoms. The molecule has 1 amide bonds. The lowest BCUT2D eigenvalue weighted by Crippen LogP contribution is -2.39. The SMILES string of the molecule is COc1ccc2c(c1)[C@]1(C[C@@H]2c2ccccc2)NC(=O)c2cccnc21. The largest absolute Gasteiger partial charge is 0.497 e. The highest BCUT2D eigenvalue weighted by molar-refractivity contribution is 6.00. The topological polar surface area (TPSA) is 51.2 Å². The van der Waals surface area contributed by atoms with Gasteiger partial charge >= 0.3 is 0 Å². The van der Waals surface area contributed by atoms with Crippen molar-refractivity contribution in [2.24, 2.45) is 0 Å². The lowest BCUT2D eigenvalue weighted by atomic mass is 9.87. The van der Waals surface area contributed by atoms with Crippen LogP contribution in [0.4, 0.5) is 0 Å². The number of rotatable bonds is 2. The van der Waals surface area contributed by atoms with E-state index in [4.69, 9.17) is 4.74 Å². The molecule has 2 atom stereocenters. The standard InChI is InChI=1S/C22H18N2O2/c1-26-15-9-10-16-18(14-6-3-2-4-7-14)13-22(19(16)12-15)20-17(21(25)24-22)8-5-11-23-20/h2-12,18H,13H2,1H3,(H,24,25)/t18-,22+/m1/s1. The molecule has 1 aliphatic heterocycles. The maximum absolute atomic E-state index is 12.7. The first kappa shape index (κ1) is 15.1. The van der Waals surface area contributed by atoms with Gasteiger partial charge < -0.3 is 10.1 Å². The number of pyridine rings is 1. The van der Waals surface area contributed by atoms with Crippen LogP contribution in [0.1, 0.15) is 45.1 Å². The first-order chi connectivity index (χ1) is 12.7. The molecule has 2 aliphatic rings. The Morgan fingerprint density at radius 1 is 1.12 bits per heavy atom. The quantitative estimate of drug-likeness (QED) is 0.774. The number of amides is 1. The Morgan fingerprint density at radius 2 is 1.96 bits per heavy atom. The van der Waals surface area contributed by atoms with Crippen LogP contribution in [0, 0.1) is 0 Å². The zero-order valence-electron chi connectivity index (χ0n) is 14.4. The molecule has 0 saturated heterocycles. The van der Waals surface area contributed by atoms with Crippen molar-refractivity contribution in [3.63, 3.8) is 0 Å². The minimum Gasteiger partial charge on any atom is -0.497 e. The summed E-state index contributed by atoms with van der Waals surface area (Å²) in [6, 6.07) is 20.3. The minimum absolute atomic E-state index is 0.0596. The molecule has 2 heterocycles. The zero-order valence-corrected chi connectivity index (χ0v) is 14.4. The zero-order chi connectivity index (χ0) is 17.7. The van der Waals surface area contributed by atoms with E-state index in [1.807, 2.05) is 30.3 Å². The van der Waals surface area contributed by atoms with Gasteiger partial charge in [-0.05, 0) is 47.4 Å². The molecule has 3 aromatic rings. The smallest absolute Gasteiger partial charge is 0.254 e. The number of methoxy groups -OCH3 is 1. The van der Waals surface area contributed by atoms with Gasteiger partial charge in [0.25, 0.3) is 5.91 Å². The van der Waals surface area contributed by atoms with Gasteiger partial charge in [0.1, 0.15) is 11.3 Å². The van der Waals surface area contributed by atoms with Crippen molar-refractivity contribution in [1.82, 2.24) is 10.3 Å². The molecule has 1 aliphatic carbocycles. The summed E-state index contributed by atoms with van der Waals surface area (Å²) in [6.07, 6.45) is 2.52. The number of benzene rings is 2. The predicted molar refractivity (Wildman–Crippen MR) is 98.4 cm³/mol. The third kappa shape index (κ3) is 1.96. The molecule has 0 saturated carbocycles. The maximum Gasteiger partial charge on any atom is 0.254 e. The van der Waals surface area contributed by atoms with Crippen molar-refractivity contribution < 1.29 is 9.53 Å². The minimum atomic E-state index is -0.599. The third-order valence-electron chi connectivity index (χ3n) is 5.59. The third-order valence-corrected chi connectivity index (χ3v) is 5.59. The van der Waals surface area contributed by atoms with Crippen LogP contribution in [-0.2, 0) is 5.54 Å². The van der Waals surface area contributed by atoms with Crippen molar-refractivity contribution in [1.29, 1.82) is 0 Å². The molecular formula is C22H18N2O2. The monoisotopic (exact) mass is 342 g/mol. The summed E-state index contributed by atoms with van der Waals surface area (Å²) < 4.78 is 5.46. The van der Waals surface area contributed by atoms with Crippen LogP contribution >= 0.6 is 0 Å². The molecule has 0 radical (unpaired) electrons. The van der Waals surface area contributed by atoms with Crippen LogP contribution in [-0.4, -0.2) is 18.0 Å². The summed E-state index contributed by atoms with van der Waals surface area (Å²) in [7, 11) is 1.66. The van der Waals surface area contributed by atoms with Gasteiger partial charge in [0.2, 0.25) is 0 Å².